The van der Waals surface area contributed by atoms with Crippen LogP contribution in [0.4, 0.5) is 11.5 Å². The second kappa shape index (κ2) is 9.76. The molecule has 0 radical (unpaired) electrons. The number of para-hydroxylation sites is 1. The van der Waals surface area contributed by atoms with Crippen LogP contribution in [0.5, 0.6) is 5.75 Å². The van der Waals surface area contributed by atoms with Crippen molar-refractivity contribution in [1.82, 2.24) is 34.9 Å². The van der Waals surface area contributed by atoms with E-state index in [4.69, 9.17) is 24.8 Å². The number of primary amides is 1. The maximum atomic E-state index is 11.8. The van der Waals surface area contributed by atoms with Crippen molar-refractivity contribution in [3.05, 3.63) is 66.2 Å². The normalized spacial score (nSPS) is 11.1. The summed E-state index contributed by atoms with van der Waals surface area (Å²) in [4.78, 5) is 29.2. The van der Waals surface area contributed by atoms with Gasteiger partial charge in [-0.3, -0.25) is 14.5 Å². The Morgan fingerprint density at radius 2 is 2.03 bits per heavy atom. The van der Waals surface area contributed by atoms with E-state index in [0.717, 1.165) is 10.9 Å². The number of nitrogens with one attached hydrogen (secondary N) is 1. The molecule has 0 aliphatic carbocycles. The smallest absolute Gasteiger partial charge is 0.252 e. The summed E-state index contributed by atoms with van der Waals surface area (Å²) in [6.07, 6.45) is 4.44. The van der Waals surface area contributed by atoms with Crippen molar-refractivity contribution < 1.29 is 18.8 Å². The van der Waals surface area contributed by atoms with Gasteiger partial charge in [0.2, 0.25) is 5.89 Å². The van der Waals surface area contributed by atoms with Crippen LogP contribution < -0.4 is 15.8 Å². The molecular formula is C23H21N9O4. The highest BCUT2D eigenvalue weighted by atomic mass is 16.5. The maximum Gasteiger partial charge on any atom is 0.252 e. The zero-order chi connectivity index (χ0) is 25.1. The number of nitrogens with two attached hydrogens (primary N) is 1. The van der Waals surface area contributed by atoms with Gasteiger partial charge in [-0.25, -0.2) is 9.97 Å². The largest absolute Gasteiger partial charge is 0.491 e. The second-order valence-electron chi connectivity index (χ2n) is 7.58. The fraction of sp³-hybridized carbons (Fsp3) is 0.174. The summed E-state index contributed by atoms with van der Waals surface area (Å²) in [6.45, 7) is 0.497. The second-order valence-corrected chi connectivity index (χ2v) is 7.58. The Balaban J connectivity index is 1.55. The molecule has 0 atom stereocenters. The van der Waals surface area contributed by atoms with Gasteiger partial charge in [0, 0.05) is 24.9 Å². The Labute approximate surface area is 204 Å². The number of hydrogen-bond acceptors (Lipinski definition) is 11. The first-order valence-electron chi connectivity index (χ1n) is 10.8. The number of carbonyl (C=O) groups is 1. The number of hydrogen-bond donors (Lipinski definition) is 2. The molecule has 13 nitrogen and oxygen atoms in total. The van der Waals surface area contributed by atoms with Crippen LogP contribution in [0.25, 0.3) is 22.4 Å². The Hall–Kier alpha value is -4.91. The molecule has 0 aliphatic heterocycles. The number of pyridine rings is 1. The topological polar surface area (TPSA) is 169 Å². The number of nitrogens with zero attached hydrogens (tertiary/aromatic N) is 7. The molecule has 0 unspecified atom stereocenters. The van der Waals surface area contributed by atoms with E-state index in [1.807, 2.05) is 24.3 Å². The fourth-order valence-corrected chi connectivity index (χ4v) is 3.63. The van der Waals surface area contributed by atoms with Gasteiger partial charge >= 0.3 is 0 Å². The highest BCUT2D eigenvalue weighted by molar-refractivity contribution is 5.99. The van der Waals surface area contributed by atoms with E-state index in [1.165, 1.54) is 25.7 Å². The molecule has 0 bridgehead atoms. The number of aromatic nitrogens is 7. The minimum Gasteiger partial charge on any atom is -0.491 e. The van der Waals surface area contributed by atoms with E-state index >= 15 is 0 Å². The van der Waals surface area contributed by atoms with Crippen molar-refractivity contribution in [2.24, 2.45) is 5.73 Å². The Morgan fingerprint density at radius 1 is 1.17 bits per heavy atom. The van der Waals surface area contributed by atoms with Crippen LogP contribution in [0, 0.1) is 0 Å². The molecular weight excluding hydrogens is 466 g/mol. The van der Waals surface area contributed by atoms with Crippen LogP contribution in [0.1, 0.15) is 22.1 Å². The molecule has 3 N–H and O–H groups in total. The van der Waals surface area contributed by atoms with Crippen LogP contribution >= 0.6 is 0 Å². The molecule has 1 aromatic carbocycles. The van der Waals surface area contributed by atoms with Crippen molar-refractivity contribution >= 4 is 28.3 Å². The van der Waals surface area contributed by atoms with Crippen molar-refractivity contribution in [1.29, 1.82) is 0 Å². The Morgan fingerprint density at radius 3 is 2.83 bits per heavy atom. The average Bonchev–Trinajstić information content (AvgIpc) is 3.49. The molecule has 0 spiro atoms. The molecule has 182 valence electrons. The molecule has 0 saturated carbocycles. The van der Waals surface area contributed by atoms with Gasteiger partial charge in [0.15, 0.2) is 23.2 Å². The summed E-state index contributed by atoms with van der Waals surface area (Å²) in [5.41, 5.74) is 7.50. The summed E-state index contributed by atoms with van der Waals surface area (Å²) < 4.78 is 17.5. The summed E-state index contributed by atoms with van der Waals surface area (Å²) in [5, 5.41) is 12.6. The number of rotatable bonds is 9. The van der Waals surface area contributed by atoms with Crippen LogP contribution in [0.2, 0.25) is 0 Å². The minimum absolute atomic E-state index is 0.210. The predicted octanol–water partition coefficient (Wildman–Crippen LogP) is 2.32. The molecule has 5 rings (SSSR count). The van der Waals surface area contributed by atoms with Crippen LogP contribution in [0.15, 0.2) is 53.4 Å². The molecule has 5 aromatic rings. The summed E-state index contributed by atoms with van der Waals surface area (Å²) in [6, 6.07) is 9.28. The first-order valence-corrected chi connectivity index (χ1v) is 10.8. The lowest BCUT2D eigenvalue weighted by Gasteiger charge is -2.12. The zero-order valence-electron chi connectivity index (χ0n) is 19.4. The van der Waals surface area contributed by atoms with Crippen LogP contribution in [0.3, 0.4) is 0 Å². The number of benzene rings is 1. The molecule has 4 aromatic heterocycles. The average molecular weight is 487 g/mol. The molecule has 0 aliphatic rings. The van der Waals surface area contributed by atoms with Crippen molar-refractivity contribution in [2.75, 3.05) is 19.5 Å². The van der Waals surface area contributed by atoms with Crippen LogP contribution in [-0.4, -0.2) is 55.0 Å². The van der Waals surface area contributed by atoms with Gasteiger partial charge < -0.3 is 25.0 Å². The van der Waals surface area contributed by atoms with E-state index in [9.17, 15) is 4.79 Å². The van der Waals surface area contributed by atoms with E-state index in [0.29, 0.717) is 40.5 Å². The Bertz CT molecular complexity index is 1550. The minimum atomic E-state index is -0.627. The first kappa shape index (κ1) is 22.9. The first-order chi connectivity index (χ1) is 17.6. The SMILES string of the molecule is COCc1noc(Cn2nc(-c3ncc(OC)c(Nc4ccncc4C(N)=O)n3)c3ccccc32)n1. The van der Waals surface area contributed by atoms with E-state index in [2.05, 4.69) is 30.4 Å². The Kier molecular flexibility index (Phi) is 6.19. The summed E-state index contributed by atoms with van der Waals surface area (Å²) in [5.74, 6) is 1.25. The lowest BCUT2D eigenvalue weighted by molar-refractivity contribution is 0.100. The highest BCUT2D eigenvalue weighted by Crippen LogP contribution is 2.31. The molecule has 0 fully saturated rings. The quantitative estimate of drug-likeness (QED) is 0.313. The molecule has 0 saturated heterocycles. The van der Waals surface area contributed by atoms with Gasteiger partial charge in [0.05, 0.1) is 30.1 Å². The number of fused-ring (bicyclic) bond motifs is 1. The van der Waals surface area contributed by atoms with Gasteiger partial charge in [-0.2, -0.15) is 10.1 Å². The van der Waals surface area contributed by atoms with Gasteiger partial charge in [0.25, 0.3) is 5.91 Å². The zero-order valence-corrected chi connectivity index (χ0v) is 19.4. The number of anilines is 2. The number of methoxy groups -OCH3 is 2. The number of carbonyl (C=O) groups excluding carboxylic acids is 1. The van der Waals surface area contributed by atoms with Gasteiger partial charge in [-0.15, -0.1) is 0 Å². The molecule has 4 heterocycles. The summed E-state index contributed by atoms with van der Waals surface area (Å²) >= 11 is 0. The van der Waals surface area contributed by atoms with Crippen LogP contribution in [-0.2, 0) is 17.9 Å². The molecule has 13 heteroatoms. The van der Waals surface area contributed by atoms with Crippen molar-refractivity contribution in [3.63, 3.8) is 0 Å². The lowest BCUT2D eigenvalue weighted by Crippen LogP contribution is -2.14. The fourth-order valence-electron chi connectivity index (χ4n) is 3.63. The molecule has 1 amide bonds. The third-order valence-electron chi connectivity index (χ3n) is 5.25. The molecule has 36 heavy (non-hydrogen) atoms. The monoisotopic (exact) mass is 487 g/mol. The lowest BCUT2D eigenvalue weighted by atomic mass is 10.2. The third-order valence-corrected chi connectivity index (χ3v) is 5.25. The van der Waals surface area contributed by atoms with E-state index in [1.54, 1.807) is 17.9 Å². The van der Waals surface area contributed by atoms with E-state index < -0.39 is 5.91 Å². The van der Waals surface area contributed by atoms with Gasteiger partial charge in [0.1, 0.15) is 18.8 Å². The summed E-state index contributed by atoms with van der Waals surface area (Å²) in [7, 11) is 3.06. The van der Waals surface area contributed by atoms with Gasteiger partial charge in [-0.05, 0) is 12.1 Å². The maximum absolute atomic E-state index is 11.8. The standard InChI is InChI=1S/C23H21N9O4/c1-34-12-18-28-19(36-31-18)11-32-16-6-4-3-5-13(16)20(30-32)23-26-10-17(35-2)22(29-23)27-15-7-8-25-9-14(15)21(24)33/h3-10H,11-12H2,1-2H3,(H2,24,33)(H,25,26,27,29). The van der Waals surface area contributed by atoms with Crippen molar-refractivity contribution in [2.45, 2.75) is 13.2 Å². The predicted molar refractivity (Wildman–Crippen MR) is 127 cm³/mol. The van der Waals surface area contributed by atoms with Crippen molar-refractivity contribution in [3.8, 4) is 17.3 Å². The number of amides is 1. The highest BCUT2D eigenvalue weighted by Gasteiger charge is 2.19. The van der Waals surface area contributed by atoms with E-state index in [-0.39, 0.29) is 18.7 Å². The van der Waals surface area contributed by atoms with Gasteiger partial charge in [-0.1, -0.05) is 23.4 Å². The number of ether oxygens (including phenoxy) is 2. The third kappa shape index (κ3) is 4.42.